The molecule has 0 unspecified atom stereocenters. The average Bonchev–Trinajstić information content (AvgIpc) is 2.52. The van der Waals surface area contributed by atoms with Crippen LogP contribution in [-0.4, -0.2) is 46.6 Å². The third kappa shape index (κ3) is 6.48. The quantitative estimate of drug-likeness (QED) is 0.509. The molecule has 0 N–H and O–H groups in total. The maximum absolute atomic E-state index is 12.1. The smallest absolute Gasteiger partial charge is 0.550 e. The second-order valence-electron chi connectivity index (χ2n) is 4.73. The van der Waals surface area contributed by atoms with Gasteiger partial charge < -0.3 is 19.8 Å². The molecule has 0 aromatic heterocycles. The van der Waals surface area contributed by atoms with Crippen molar-refractivity contribution in [2.24, 2.45) is 0 Å². The molecule has 0 spiro atoms. The van der Waals surface area contributed by atoms with Crippen LogP contribution in [0.5, 0.6) is 0 Å². The average molecular weight is 351 g/mol. The fraction of sp³-hybridized carbons (Fsp3) is 0.111. The molecule has 0 amide bonds. The molecule has 2 aromatic rings. The van der Waals surface area contributed by atoms with Crippen molar-refractivity contribution >= 4 is 46.6 Å². The van der Waals surface area contributed by atoms with Crippen molar-refractivity contribution in [1.29, 1.82) is 0 Å². The summed E-state index contributed by atoms with van der Waals surface area (Å²) < 4.78 is 0. The molecule has 7 heteroatoms. The SMILES string of the molecule is CC(=O)[O-].CC(=O)[O-].O=C1c2ccccc2C(=O)c2ccccc21.[Mg+2]. The second kappa shape index (κ2) is 10.4. The monoisotopic (exact) mass is 350 g/mol. The standard InChI is InChI=1S/C14H8O2.2C2H4O2.Mg/c15-13-9-5-1-2-6-10(9)14(16)12-8-4-3-7-11(12)13;2*1-2(3)4;/h1-8H;2*1H3,(H,3,4);/q;;;+2/p-2. The third-order valence-corrected chi connectivity index (χ3v) is 2.83. The molecule has 124 valence electrons. The number of ketones is 2. The zero-order chi connectivity index (χ0) is 18.3. The Bertz CT molecular complexity index is 672. The Morgan fingerprint density at radius 1 is 0.640 bits per heavy atom. The van der Waals surface area contributed by atoms with Gasteiger partial charge in [-0.1, -0.05) is 48.5 Å². The molecule has 0 bridgehead atoms. The summed E-state index contributed by atoms with van der Waals surface area (Å²) in [6, 6.07) is 13.9. The Morgan fingerprint density at radius 3 is 0.960 bits per heavy atom. The number of carbonyl (C=O) groups is 4. The summed E-state index contributed by atoms with van der Waals surface area (Å²) in [5.74, 6) is -2.29. The second-order valence-corrected chi connectivity index (χ2v) is 4.73. The van der Waals surface area contributed by atoms with E-state index in [9.17, 15) is 9.59 Å². The third-order valence-electron chi connectivity index (χ3n) is 2.83. The summed E-state index contributed by atoms with van der Waals surface area (Å²) in [5.41, 5.74) is 2.02. The van der Waals surface area contributed by atoms with E-state index in [1.165, 1.54) is 0 Å². The number of benzene rings is 2. The van der Waals surface area contributed by atoms with Crippen LogP contribution in [0.1, 0.15) is 45.7 Å². The van der Waals surface area contributed by atoms with Gasteiger partial charge in [0.15, 0.2) is 11.6 Å². The molecular formula is C18H14MgO6. The van der Waals surface area contributed by atoms with Crippen molar-refractivity contribution in [3.63, 3.8) is 0 Å². The molecule has 2 aromatic carbocycles. The number of rotatable bonds is 0. The molecule has 0 atom stereocenters. The fourth-order valence-electron chi connectivity index (χ4n) is 2.05. The summed E-state index contributed by atoms with van der Waals surface area (Å²) in [5, 5.41) is 17.8. The maximum Gasteiger partial charge on any atom is 2.00 e. The predicted molar refractivity (Wildman–Crippen MR) is 86.9 cm³/mol. The Hall–Kier alpha value is -2.51. The summed E-state index contributed by atoms with van der Waals surface area (Å²) in [4.78, 5) is 42.0. The molecule has 6 nitrogen and oxygen atoms in total. The number of fused-ring (bicyclic) bond motifs is 2. The molecule has 0 radical (unpaired) electrons. The number of aliphatic carboxylic acids is 2. The van der Waals surface area contributed by atoms with Gasteiger partial charge in [-0.2, -0.15) is 0 Å². The Morgan fingerprint density at radius 2 is 0.800 bits per heavy atom. The summed E-state index contributed by atoms with van der Waals surface area (Å²) in [6.07, 6.45) is 0. The van der Waals surface area contributed by atoms with Crippen LogP contribution in [0.25, 0.3) is 0 Å². The largest absolute Gasteiger partial charge is 2.00 e. The zero-order valence-electron chi connectivity index (χ0n) is 13.8. The van der Waals surface area contributed by atoms with Crippen molar-refractivity contribution in [1.82, 2.24) is 0 Å². The number of carboxylic acid groups (broad SMARTS) is 2. The van der Waals surface area contributed by atoms with Gasteiger partial charge >= 0.3 is 23.1 Å². The number of carbonyl (C=O) groups excluding carboxylic acids is 4. The van der Waals surface area contributed by atoms with E-state index < -0.39 is 11.9 Å². The van der Waals surface area contributed by atoms with E-state index >= 15 is 0 Å². The molecule has 0 saturated heterocycles. The Balaban J connectivity index is 0.000000549. The van der Waals surface area contributed by atoms with Crippen LogP contribution in [-0.2, 0) is 9.59 Å². The molecule has 3 rings (SSSR count). The first-order chi connectivity index (χ1) is 11.3. The molecule has 1 aliphatic carbocycles. The van der Waals surface area contributed by atoms with Gasteiger partial charge in [-0.05, 0) is 13.8 Å². The molecule has 0 fully saturated rings. The van der Waals surface area contributed by atoms with Gasteiger partial charge in [0.2, 0.25) is 0 Å². The fourth-order valence-corrected chi connectivity index (χ4v) is 2.05. The summed E-state index contributed by atoms with van der Waals surface area (Å²) >= 11 is 0. The minimum absolute atomic E-state index is 0. The summed E-state index contributed by atoms with van der Waals surface area (Å²) in [7, 11) is 0. The van der Waals surface area contributed by atoms with Gasteiger partial charge in [-0.3, -0.25) is 9.59 Å². The van der Waals surface area contributed by atoms with Gasteiger partial charge in [-0.15, -0.1) is 0 Å². The van der Waals surface area contributed by atoms with Crippen LogP contribution < -0.4 is 10.2 Å². The van der Waals surface area contributed by atoms with Crippen LogP contribution in [0.15, 0.2) is 48.5 Å². The molecule has 0 heterocycles. The first-order valence-corrected chi connectivity index (χ1v) is 6.88. The van der Waals surface area contributed by atoms with Crippen LogP contribution >= 0.6 is 0 Å². The molecule has 0 saturated carbocycles. The van der Waals surface area contributed by atoms with E-state index in [-0.39, 0.29) is 34.6 Å². The number of hydrogen-bond donors (Lipinski definition) is 0. The van der Waals surface area contributed by atoms with Crippen LogP contribution in [0.2, 0.25) is 0 Å². The van der Waals surface area contributed by atoms with E-state index in [0.29, 0.717) is 22.3 Å². The van der Waals surface area contributed by atoms with Crippen LogP contribution in [0.4, 0.5) is 0 Å². The van der Waals surface area contributed by atoms with E-state index in [1.54, 1.807) is 48.5 Å². The van der Waals surface area contributed by atoms with Crippen molar-refractivity contribution in [3.05, 3.63) is 70.8 Å². The van der Waals surface area contributed by atoms with Crippen LogP contribution in [0.3, 0.4) is 0 Å². The normalized spacial score (nSPS) is 10.5. The van der Waals surface area contributed by atoms with Crippen molar-refractivity contribution in [3.8, 4) is 0 Å². The maximum atomic E-state index is 12.1. The Labute approximate surface area is 160 Å². The molecular weight excluding hydrogens is 336 g/mol. The summed E-state index contributed by atoms with van der Waals surface area (Å²) in [6.45, 7) is 1.94. The van der Waals surface area contributed by atoms with Gasteiger partial charge in [0, 0.05) is 34.2 Å². The Kier molecular flexibility index (Phi) is 9.33. The van der Waals surface area contributed by atoms with E-state index in [2.05, 4.69) is 0 Å². The first kappa shape index (κ1) is 22.5. The van der Waals surface area contributed by atoms with Crippen molar-refractivity contribution < 1.29 is 29.4 Å². The van der Waals surface area contributed by atoms with E-state index in [1.807, 2.05) is 0 Å². The number of carboxylic acids is 2. The van der Waals surface area contributed by atoms with Crippen molar-refractivity contribution in [2.75, 3.05) is 0 Å². The molecule has 1 aliphatic rings. The predicted octanol–water partition coefficient (Wildman–Crippen LogP) is -0.406. The molecule has 25 heavy (non-hydrogen) atoms. The van der Waals surface area contributed by atoms with Gasteiger partial charge in [0.1, 0.15) is 0 Å². The van der Waals surface area contributed by atoms with Crippen LogP contribution in [0, 0.1) is 0 Å². The topological polar surface area (TPSA) is 114 Å². The van der Waals surface area contributed by atoms with E-state index in [0.717, 1.165) is 13.8 Å². The van der Waals surface area contributed by atoms with Crippen molar-refractivity contribution in [2.45, 2.75) is 13.8 Å². The van der Waals surface area contributed by atoms with Gasteiger partial charge in [-0.25, -0.2) is 0 Å². The minimum atomic E-state index is -1.08. The number of hydrogen-bond acceptors (Lipinski definition) is 6. The molecule has 0 aliphatic heterocycles. The van der Waals surface area contributed by atoms with Gasteiger partial charge in [0.25, 0.3) is 0 Å². The van der Waals surface area contributed by atoms with E-state index in [4.69, 9.17) is 19.8 Å². The minimum Gasteiger partial charge on any atom is -0.550 e. The van der Waals surface area contributed by atoms with Gasteiger partial charge in [0.05, 0.1) is 0 Å². The first-order valence-electron chi connectivity index (χ1n) is 6.88. The zero-order valence-corrected chi connectivity index (χ0v) is 15.2.